The fourth-order valence-electron chi connectivity index (χ4n) is 2.92. The van der Waals surface area contributed by atoms with Crippen molar-refractivity contribution in [1.29, 1.82) is 0 Å². The summed E-state index contributed by atoms with van der Waals surface area (Å²) in [5, 5.41) is 10.7. The number of methoxy groups -OCH3 is 1. The summed E-state index contributed by atoms with van der Waals surface area (Å²) in [6.07, 6.45) is 4.50. The molecule has 2 aromatic rings. The number of aromatic nitrogens is 2. The van der Waals surface area contributed by atoms with Gasteiger partial charge >= 0.3 is 0 Å². The standard InChI is InChI=1S/C18H24N4O2.ClH/c1-13-7-8-19-10-17(13)21-18(23)15-9-20-22(12-15)11-14-3-5-16(24-2)6-4-14;/h3-6,9,12-13,17,19H,7-8,10-11H2,1-2H3,(H,21,23);1H. The molecule has 1 aromatic carbocycles. The van der Waals surface area contributed by atoms with Crippen molar-refractivity contribution in [3.63, 3.8) is 0 Å². The number of carbonyl (C=O) groups excluding carboxylic acids is 1. The van der Waals surface area contributed by atoms with Crippen LogP contribution in [0.1, 0.15) is 29.3 Å². The van der Waals surface area contributed by atoms with Crippen LogP contribution in [0.15, 0.2) is 36.7 Å². The monoisotopic (exact) mass is 364 g/mol. The molecule has 6 nitrogen and oxygen atoms in total. The molecule has 1 saturated heterocycles. The van der Waals surface area contributed by atoms with Crippen LogP contribution >= 0.6 is 12.4 Å². The van der Waals surface area contributed by atoms with Gasteiger partial charge in [0, 0.05) is 18.8 Å². The highest BCUT2D eigenvalue weighted by Crippen LogP contribution is 2.14. The molecule has 1 aromatic heterocycles. The van der Waals surface area contributed by atoms with E-state index in [4.69, 9.17) is 4.74 Å². The largest absolute Gasteiger partial charge is 0.497 e. The third-order valence-electron chi connectivity index (χ3n) is 4.54. The zero-order chi connectivity index (χ0) is 16.9. The summed E-state index contributed by atoms with van der Waals surface area (Å²) in [6.45, 7) is 4.65. The number of benzene rings is 1. The van der Waals surface area contributed by atoms with Crippen molar-refractivity contribution < 1.29 is 9.53 Å². The number of ether oxygens (including phenoxy) is 1. The minimum absolute atomic E-state index is 0. The van der Waals surface area contributed by atoms with Crippen molar-refractivity contribution in [2.45, 2.75) is 25.9 Å². The van der Waals surface area contributed by atoms with Crippen LogP contribution in [0.2, 0.25) is 0 Å². The fraction of sp³-hybridized carbons (Fsp3) is 0.444. The van der Waals surface area contributed by atoms with E-state index in [1.54, 1.807) is 24.2 Å². The average Bonchev–Trinajstić information content (AvgIpc) is 3.06. The van der Waals surface area contributed by atoms with Crippen LogP contribution in [0.3, 0.4) is 0 Å². The second kappa shape index (κ2) is 8.87. The number of amides is 1. The predicted octanol–water partition coefficient (Wildman–Crippen LogP) is 2.09. The topological polar surface area (TPSA) is 68.2 Å². The van der Waals surface area contributed by atoms with Crippen molar-refractivity contribution in [3.05, 3.63) is 47.8 Å². The summed E-state index contributed by atoms with van der Waals surface area (Å²) in [4.78, 5) is 12.4. The Morgan fingerprint density at radius 2 is 2.16 bits per heavy atom. The van der Waals surface area contributed by atoms with Gasteiger partial charge in [0.15, 0.2) is 0 Å². The summed E-state index contributed by atoms with van der Waals surface area (Å²) in [5.41, 5.74) is 1.71. The Bertz CT molecular complexity index is 687. The van der Waals surface area contributed by atoms with Crippen LogP contribution in [-0.2, 0) is 6.54 Å². The van der Waals surface area contributed by atoms with Gasteiger partial charge in [-0.25, -0.2) is 0 Å². The van der Waals surface area contributed by atoms with Crippen molar-refractivity contribution >= 4 is 18.3 Å². The molecule has 1 aliphatic rings. The Morgan fingerprint density at radius 3 is 2.84 bits per heavy atom. The number of piperidine rings is 1. The van der Waals surface area contributed by atoms with Crippen LogP contribution in [0.5, 0.6) is 5.75 Å². The molecule has 1 fully saturated rings. The maximum Gasteiger partial charge on any atom is 0.254 e. The first-order chi connectivity index (χ1) is 11.7. The summed E-state index contributed by atoms with van der Waals surface area (Å²) in [5.74, 6) is 1.26. The summed E-state index contributed by atoms with van der Waals surface area (Å²) >= 11 is 0. The fourth-order valence-corrected chi connectivity index (χ4v) is 2.92. The molecule has 7 heteroatoms. The lowest BCUT2D eigenvalue weighted by Crippen LogP contribution is -2.50. The molecule has 25 heavy (non-hydrogen) atoms. The molecule has 2 atom stereocenters. The molecule has 2 heterocycles. The Balaban J connectivity index is 0.00000225. The van der Waals surface area contributed by atoms with Crippen LogP contribution in [0.4, 0.5) is 0 Å². The van der Waals surface area contributed by atoms with E-state index in [0.29, 0.717) is 18.0 Å². The molecule has 3 rings (SSSR count). The van der Waals surface area contributed by atoms with Crippen molar-refractivity contribution in [2.75, 3.05) is 20.2 Å². The average molecular weight is 365 g/mol. The minimum Gasteiger partial charge on any atom is -0.497 e. The van der Waals surface area contributed by atoms with E-state index < -0.39 is 0 Å². The van der Waals surface area contributed by atoms with Gasteiger partial charge in [0.1, 0.15) is 5.75 Å². The van der Waals surface area contributed by atoms with Gasteiger partial charge in [-0.15, -0.1) is 12.4 Å². The minimum atomic E-state index is -0.0588. The van der Waals surface area contributed by atoms with Gasteiger partial charge in [-0.2, -0.15) is 5.10 Å². The van der Waals surface area contributed by atoms with Gasteiger partial charge in [0.25, 0.3) is 5.91 Å². The summed E-state index contributed by atoms with van der Waals surface area (Å²) in [6, 6.07) is 8.01. The van der Waals surface area contributed by atoms with E-state index in [1.165, 1.54) is 0 Å². The zero-order valence-electron chi connectivity index (χ0n) is 14.6. The van der Waals surface area contributed by atoms with E-state index in [2.05, 4.69) is 22.7 Å². The first-order valence-electron chi connectivity index (χ1n) is 8.32. The number of carbonyl (C=O) groups is 1. The molecule has 0 radical (unpaired) electrons. The van der Waals surface area contributed by atoms with E-state index in [1.807, 2.05) is 24.3 Å². The molecule has 2 unspecified atom stereocenters. The molecule has 136 valence electrons. The van der Waals surface area contributed by atoms with Crippen LogP contribution < -0.4 is 15.4 Å². The first kappa shape index (κ1) is 19.3. The van der Waals surface area contributed by atoms with E-state index in [9.17, 15) is 4.79 Å². The van der Waals surface area contributed by atoms with Gasteiger partial charge in [-0.05, 0) is 36.6 Å². The summed E-state index contributed by atoms with van der Waals surface area (Å²) in [7, 11) is 1.65. The van der Waals surface area contributed by atoms with Gasteiger partial charge in [0.05, 0.1) is 25.4 Å². The molecular formula is C18H25ClN4O2. The second-order valence-electron chi connectivity index (χ2n) is 6.32. The molecular weight excluding hydrogens is 340 g/mol. The highest BCUT2D eigenvalue weighted by Gasteiger charge is 2.23. The van der Waals surface area contributed by atoms with Crippen molar-refractivity contribution in [3.8, 4) is 5.75 Å². The Labute approximate surface area is 154 Å². The quantitative estimate of drug-likeness (QED) is 0.852. The smallest absolute Gasteiger partial charge is 0.254 e. The van der Waals surface area contributed by atoms with Gasteiger partial charge in [-0.1, -0.05) is 19.1 Å². The van der Waals surface area contributed by atoms with Gasteiger partial charge < -0.3 is 15.4 Å². The van der Waals surface area contributed by atoms with Gasteiger partial charge in [0.2, 0.25) is 0 Å². The van der Waals surface area contributed by atoms with Crippen LogP contribution in [0, 0.1) is 5.92 Å². The predicted molar refractivity (Wildman–Crippen MR) is 99.5 cm³/mol. The van der Waals surface area contributed by atoms with Crippen molar-refractivity contribution in [2.24, 2.45) is 5.92 Å². The number of nitrogens with one attached hydrogen (secondary N) is 2. The number of hydrogen-bond donors (Lipinski definition) is 2. The highest BCUT2D eigenvalue weighted by molar-refractivity contribution is 5.93. The van der Waals surface area contributed by atoms with E-state index >= 15 is 0 Å². The lowest BCUT2D eigenvalue weighted by molar-refractivity contribution is 0.0915. The lowest BCUT2D eigenvalue weighted by Gasteiger charge is -2.30. The zero-order valence-corrected chi connectivity index (χ0v) is 15.4. The molecule has 1 amide bonds. The molecule has 0 spiro atoms. The molecule has 0 aliphatic carbocycles. The van der Waals surface area contributed by atoms with Crippen LogP contribution in [-0.4, -0.2) is 41.9 Å². The maximum absolute atomic E-state index is 12.4. The normalized spacial score (nSPS) is 19.8. The number of halogens is 1. The van der Waals surface area contributed by atoms with E-state index in [-0.39, 0.29) is 24.4 Å². The molecule has 0 saturated carbocycles. The Morgan fingerprint density at radius 1 is 1.40 bits per heavy atom. The third-order valence-corrected chi connectivity index (χ3v) is 4.54. The Kier molecular flexibility index (Phi) is 6.84. The number of hydrogen-bond acceptors (Lipinski definition) is 4. The summed E-state index contributed by atoms with van der Waals surface area (Å²) < 4.78 is 6.93. The van der Waals surface area contributed by atoms with E-state index in [0.717, 1.165) is 30.8 Å². The van der Waals surface area contributed by atoms with Crippen molar-refractivity contribution in [1.82, 2.24) is 20.4 Å². The Hall–Kier alpha value is -2.05. The molecule has 2 N–H and O–H groups in total. The number of rotatable bonds is 5. The highest BCUT2D eigenvalue weighted by atomic mass is 35.5. The lowest BCUT2D eigenvalue weighted by atomic mass is 9.94. The first-order valence-corrected chi connectivity index (χ1v) is 8.32. The number of nitrogens with zero attached hydrogens (tertiary/aromatic N) is 2. The SMILES string of the molecule is COc1ccc(Cn2cc(C(=O)NC3CNCCC3C)cn2)cc1.Cl. The van der Waals surface area contributed by atoms with Crippen LogP contribution in [0.25, 0.3) is 0 Å². The second-order valence-corrected chi connectivity index (χ2v) is 6.32. The molecule has 1 aliphatic heterocycles. The van der Waals surface area contributed by atoms with Gasteiger partial charge in [-0.3, -0.25) is 9.48 Å². The molecule has 0 bridgehead atoms. The maximum atomic E-state index is 12.4. The third kappa shape index (κ3) is 4.96.